The molecule has 1 aliphatic heterocycles. The Labute approximate surface area is 231 Å². The van der Waals surface area contributed by atoms with E-state index in [1.54, 1.807) is 0 Å². The van der Waals surface area contributed by atoms with Gasteiger partial charge in [-0.25, -0.2) is 9.56 Å². The van der Waals surface area contributed by atoms with Crippen LogP contribution < -0.4 is 0 Å². The number of nitrogens with zero attached hydrogens (tertiary/aromatic N) is 3. The first-order chi connectivity index (χ1) is 18.3. The quantitative estimate of drug-likeness (QED) is 0.161. The van der Waals surface area contributed by atoms with Crippen molar-refractivity contribution in [2.45, 2.75) is 56.1 Å². The molecular weight excluding hydrogens is 529 g/mol. The Hall–Kier alpha value is -2.78. The highest BCUT2D eigenvalue weighted by Gasteiger charge is 2.63. The third kappa shape index (κ3) is 5.61. The van der Waals surface area contributed by atoms with Crippen molar-refractivity contribution in [3.8, 4) is 0 Å². The molecule has 8 nitrogen and oxygen atoms in total. The predicted octanol–water partition coefficient (Wildman–Crippen LogP) is 6.71. The van der Waals surface area contributed by atoms with Crippen LogP contribution in [0.25, 0.3) is 0 Å². The first-order valence-electron chi connectivity index (χ1n) is 12.8. The topological polar surface area (TPSA) is 113 Å². The van der Waals surface area contributed by atoms with Crippen molar-refractivity contribution in [1.29, 1.82) is 0 Å². The Kier molecular flexibility index (Phi) is 8.24. The molecule has 0 fully saturated rings. The summed E-state index contributed by atoms with van der Waals surface area (Å²) >= 11 is 0. The summed E-state index contributed by atoms with van der Waals surface area (Å²) in [6.45, 7) is 10.0. The lowest BCUT2D eigenvalue weighted by molar-refractivity contribution is 0.0206. The molecule has 2 N–H and O–H groups in total. The van der Waals surface area contributed by atoms with Crippen molar-refractivity contribution in [2.24, 2.45) is 15.2 Å². The molecule has 2 atom stereocenters. The summed E-state index contributed by atoms with van der Waals surface area (Å²) < 4.78 is 24.1. The predicted molar refractivity (Wildman–Crippen MR) is 155 cm³/mol. The van der Waals surface area contributed by atoms with E-state index in [4.69, 9.17) is 19.1 Å². The van der Waals surface area contributed by atoms with Crippen LogP contribution in [0, 0.1) is 0 Å². The van der Waals surface area contributed by atoms with Gasteiger partial charge in [0.15, 0.2) is 8.32 Å². The van der Waals surface area contributed by atoms with Gasteiger partial charge in [-0.05, 0) is 34.8 Å². The van der Waals surface area contributed by atoms with Crippen molar-refractivity contribution in [2.75, 3.05) is 6.61 Å². The van der Waals surface area contributed by atoms with E-state index in [-0.39, 0.29) is 5.04 Å². The maximum atomic E-state index is 12.0. The summed E-state index contributed by atoms with van der Waals surface area (Å²) in [7, 11) is -7.42. The van der Waals surface area contributed by atoms with Crippen LogP contribution in [0.4, 0.5) is 0 Å². The second-order valence-electron chi connectivity index (χ2n) is 11.2. The number of hydrogen-bond donors (Lipinski definition) is 2. The zero-order valence-corrected chi connectivity index (χ0v) is 24.8. The van der Waals surface area contributed by atoms with Gasteiger partial charge in [0.1, 0.15) is 12.4 Å². The number of aliphatic imine (C=N–C) groups is 1. The molecule has 39 heavy (non-hydrogen) atoms. The lowest BCUT2D eigenvalue weighted by Crippen LogP contribution is -2.62. The second kappa shape index (κ2) is 11.0. The second-order valence-corrected chi connectivity index (χ2v) is 17.2. The van der Waals surface area contributed by atoms with Crippen LogP contribution >= 0.6 is 7.82 Å². The highest BCUT2D eigenvalue weighted by molar-refractivity contribution is 7.46. The van der Waals surface area contributed by atoms with E-state index in [2.05, 4.69) is 39.0 Å². The fraction of sp³-hybridized carbons (Fsp3) is 0.345. The number of hydrogen-bond acceptors (Lipinski definition) is 6. The molecule has 1 heterocycles. The average molecular weight is 566 g/mol. The summed E-state index contributed by atoms with van der Waals surface area (Å²) in [5, 5.41) is 8.84. The molecule has 0 amide bonds. The van der Waals surface area contributed by atoms with Gasteiger partial charge in [0, 0.05) is 0 Å². The van der Waals surface area contributed by atoms with E-state index in [9.17, 15) is 14.4 Å². The molecule has 2 unspecified atom stereocenters. The van der Waals surface area contributed by atoms with E-state index in [0.717, 1.165) is 16.7 Å². The smallest absolute Gasteiger partial charge is 0.407 e. The summed E-state index contributed by atoms with van der Waals surface area (Å²) in [6, 6.07) is 29.6. The van der Waals surface area contributed by atoms with E-state index >= 15 is 0 Å². The average Bonchev–Trinajstić information content (AvgIpc) is 3.39. The summed E-state index contributed by atoms with van der Waals surface area (Å²) in [4.78, 5) is 24.5. The van der Waals surface area contributed by atoms with Crippen LogP contribution in [0.15, 0.2) is 106 Å². The van der Waals surface area contributed by atoms with E-state index in [0.29, 0.717) is 0 Å². The third-order valence-corrected chi connectivity index (χ3v) is 12.7. The highest BCUT2D eigenvalue weighted by atomic mass is 31.2. The zero-order chi connectivity index (χ0) is 28.4. The summed E-state index contributed by atoms with van der Waals surface area (Å²) in [5.74, 6) is 0. The summed E-state index contributed by atoms with van der Waals surface area (Å²) in [6.07, 6.45) is 0.386. The molecule has 1 aliphatic rings. The Morgan fingerprint density at radius 2 is 1.28 bits per heavy atom. The molecule has 0 bridgehead atoms. The lowest BCUT2D eigenvalue weighted by atomic mass is 9.60. The molecule has 206 valence electrons. The van der Waals surface area contributed by atoms with Crippen LogP contribution in [-0.4, -0.2) is 42.8 Å². The van der Waals surface area contributed by atoms with Crippen molar-refractivity contribution in [3.05, 3.63) is 108 Å². The molecule has 10 heteroatoms. The minimum atomic E-state index is -4.85. The van der Waals surface area contributed by atoms with Crippen LogP contribution in [0.5, 0.6) is 0 Å². The first kappa shape index (κ1) is 29.2. The van der Waals surface area contributed by atoms with Crippen molar-refractivity contribution >= 4 is 22.5 Å². The van der Waals surface area contributed by atoms with E-state index in [1.165, 1.54) is 6.34 Å². The maximum absolute atomic E-state index is 12.0. The van der Waals surface area contributed by atoms with Gasteiger partial charge in [-0.2, -0.15) is 5.11 Å². The number of rotatable bonds is 10. The van der Waals surface area contributed by atoms with Gasteiger partial charge in [-0.15, -0.1) is 5.11 Å². The minimum absolute atomic E-state index is 0.219. The minimum Gasteiger partial charge on any atom is -0.407 e. The molecule has 4 rings (SSSR count). The Balaban J connectivity index is 2.10. The lowest BCUT2D eigenvalue weighted by Gasteiger charge is -2.51. The molecular formula is C29H36N3O5PSi. The van der Waals surface area contributed by atoms with Gasteiger partial charge >= 0.3 is 7.82 Å². The number of azo groups is 1. The third-order valence-electron chi connectivity index (χ3n) is 7.77. The van der Waals surface area contributed by atoms with Crippen LogP contribution in [0.2, 0.25) is 18.1 Å². The molecule has 0 saturated heterocycles. The largest absolute Gasteiger partial charge is 0.469 e. The molecule has 3 aromatic carbocycles. The molecule has 0 aromatic heterocycles. The number of phosphoric ester groups is 1. The molecule has 3 aromatic rings. The van der Waals surface area contributed by atoms with Gasteiger partial charge in [0.25, 0.3) is 0 Å². The Morgan fingerprint density at radius 3 is 1.62 bits per heavy atom. The Morgan fingerprint density at radius 1 is 0.846 bits per heavy atom. The van der Waals surface area contributed by atoms with Crippen molar-refractivity contribution in [1.82, 2.24) is 0 Å². The maximum Gasteiger partial charge on any atom is 0.469 e. The molecule has 0 spiro atoms. The van der Waals surface area contributed by atoms with Crippen molar-refractivity contribution in [3.63, 3.8) is 0 Å². The van der Waals surface area contributed by atoms with Crippen LogP contribution in [0.1, 0.15) is 37.5 Å². The SMILES string of the molecule is CC(C)(C)[Si](C)(C)OC(COP(=O)(O)O)C1(C(c2ccccc2)(c2ccccc2)c2ccccc2)N=CN=N1. The molecule has 0 saturated carbocycles. The fourth-order valence-corrected chi connectivity index (χ4v) is 6.57. The van der Waals surface area contributed by atoms with Crippen molar-refractivity contribution < 1.29 is 23.3 Å². The Bertz CT molecular complexity index is 1250. The number of benzene rings is 3. The van der Waals surface area contributed by atoms with E-state index in [1.807, 2.05) is 91.0 Å². The van der Waals surface area contributed by atoms with Gasteiger partial charge in [0.05, 0.1) is 12.0 Å². The van der Waals surface area contributed by atoms with Gasteiger partial charge in [-0.3, -0.25) is 4.52 Å². The monoisotopic (exact) mass is 565 g/mol. The summed E-state index contributed by atoms with van der Waals surface area (Å²) in [5.41, 5.74) is 0.0292. The highest BCUT2D eigenvalue weighted by Crippen LogP contribution is 2.55. The standard InChI is InChI=1S/C29H36N3O5PSi/c1-27(2,3)39(4,5)37-26(21-36-38(33,34)35)29(30-22-31-32-29)28(23-15-9-6-10-16-23,24-17-11-7-12-18-24)25-19-13-8-14-20-25/h6-20,22,26H,21H2,1-5H3,(H2,33,34,35). The normalized spacial score (nSPS) is 18.8. The van der Waals surface area contributed by atoms with Gasteiger partial charge in [0.2, 0.25) is 5.66 Å². The molecule has 0 aliphatic carbocycles. The van der Waals surface area contributed by atoms with Gasteiger partial charge < -0.3 is 14.2 Å². The zero-order valence-electron chi connectivity index (χ0n) is 22.9. The van der Waals surface area contributed by atoms with E-state index < -0.39 is 39.9 Å². The fourth-order valence-electron chi connectivity index (χ4n) is 4.95. The number of phosphoric acid groups is 1. The van der Waals surface area contributed by atoms with Crippen LogP contribution in [-0.2, 0) is 18.9 Å². The first-order valence-corrected chi connectivity index (χ1v) is 17.3. The van der Waals surface area contributed by atoms with Crippen LogP contribution in [0.3, 0.4) is 0 Å². The van der Waals surface area contributed by atoms with Gasteiger partial charge in [-0.1, -0.05) is 112 Å². The molecule has 0 radical (unpaired) electrons.